The second kappa shape index (κ2) is 7.98. The van der Waals surface area contributed by atoms with E-state index in [0.717, 1.165) is 22.6 Å². The molecule has 5 heteroatoms. The predicted molar refractivity (Wildman–Crippen MR) is 90.7 cm³/mol. The maximum Gasteiger partial charge on any atom is 0.124 e. The molecule has 0 fully saturated rings. The van der Waals surface area contributed by atoms with Crippen LogP contribution in [0.2, 0.25) is 0 Å². The lowest BCUT2D eigenvalue weighted by Crippen LogP contribution is -2.07. The minimum Gasteiger partial charge on any atom is -0.497 e. The lowest BCUT2D eigenvalue weighted by atomic mass is 10.1. The maximum absolute atomic E-state index is 7.35. The Morgan fingerprint density at radius 1 is 1.13 bits per heavy atom. The quantitative estimate of drug-likeness (QED) is 0.755. The van der Waals surface area contributed by atoms with Crippen molar-refractivity contribution in [2.24, 2.45) is 5.11 Å². The molecule has 2 N–H and O–H groups in total. The van der Waals surface area contributed by atoms with Crippen LogP contribution in [0.4, 0.5) is 0 Å². The molecular weight excluding hydrogens is 290 g/mol. The Labute approximate surface area is 136 Å². The molecule has 0 radical (unpaired) electrons. The first-order valence-corrected chi connectivity index (χ1v) is 7.27. The summed E-state index contributed by atoms with van der Waals surface area (Å²) in [6, 6.07) is 13.5. The standard InChI is InChI=1S/C18H21N3O2/c1-13-4-6-14(7-5-13)17(21-19)12-20-11-15-10-16(22-2)8-9-18(15)23-3/h4-10,12,19-20H,11H2,1-3H3/b17-12-,21-19?. The smallest absolute Gasteiger partial charge is 0.124 e. The average molecular weight is 311 g/mol. The normalized spacial score (nSPS) is 11.0. The second-order valence-corrected chi connectivity index (χ2v) is 5.07. The summed E-state index contributed by atoms with van der Waals surface area (Å²) in [5, 5.41) is 6.77. The van der Waals surface area contributed by atoms with Crippen LogP contribution in [-0.2, 0) is 6.54 Å². The molecule has 2 aromatic carbocycles. The van der Waals surface area contributed by atoms with E-state index in [9.17, 15) is 0 Å². The zero-order valence-corrected chi connectivity index (χ0v) is 13.6. The number of hydrogen-bond donors (Lipinski definition) is 2. The molecule has 120 valence electrons. The number of nitrogens with one attached hydrogen (secondary N) is 2. The van der Waals surface area contributed by atoms with Crippen LogP contribution < -0.4 is 14.8 Å². The fraction of sp³-hybridized carbons (Fsp3) is 0.222. The van der Waals surface area contributed by atoms with Gasteiger partial charge in [0, 0.05) is 23.9 Å². The van der Waals surface area contributed by atoms with Crippen molar-refractivity contribution in [3.63, 3.8) is 0 Å². The van der Waals surface area contributed by atoms with E-state index in [0.29, 0.717) is 12.2 Å². The molecular formula is C18H21N3O2. The van der Waals surface area contributed by atoms with Gasteiger partial charge in [0.05, 0.1) is 14.2 Å². The highest BCUT2D eigenvalue weighted by atomic mass is 16.5. The topological polar surface area (TPSA) is 66.7 Å². The van der Waals surface area contributed by atoms with Gasteiger partial charge in [-0.25, -0.2) is 5.53 Å². The van der Waals surface area contributed by atoms with Crippen LogP contribution in [0.3, 0.4) is 0 Å². The minimum absolute atomic E-state index is 0.547. The number of rotatable bonds is 7. The van der Waals surface area contributed by atoms with Gasteiger partial charge in [0.1, 0.15) is 17.2 Å². The summed E-state index contributed by atoms with van der Waals surface area (Å²) >= 11 is 0. The Hall–Kier alpha value is -2.82. The van der Waals surface area contributed by atoms with Crippen molar-refractivity contribution >= 4 is 5.70 Å². The zero-order chi connectivity index (χ0) is 16.7. The highest BCUT2D eigenvalue weighted by molar-refractivity contribution is 5.63. The summed E-state index contributed by atoms with van der Waals surface area (Å²) < 4.78 is 10.6. The van der Waals surface area contributed by atoms with Crippen molar-refractivity contribution < 1.29 is 9.47 Å². The Balaban J connectivity index is 2.13. The van der Waals surface area contributed by atoms with Crippen molar-refractivity contribution in [2.75, 3.05) is 14.2 Å². The van der Waals surface area contributed by atoms with Gasteiger partial charge >= 0.3 is 0 Å². The highest BCUT2D eigenvalue weighted by Gasteiger charge is 2.05. The van der Waals surface area contributed by atoms with Crippen molar-refractivity contribution in [1.29, 1.82) is 5.53 Å². The molecule has 0 amide bonds. The van der Waals surface area contributed by atoms with Gasteiger partial charge in [-0.2, -0.15) is 5.11 Å². The molecule has 0 aliphatic heterocycles. The van der Waals surface area contributed by atoms with Crippen LogP contribution in [0.1, 0.15) is 16.7 Å². The first-order chi connectivity index (χ1) is 11.2. The fourth-order valence-electron chi connectivity index (χ4n) is 2.18. The van der Waals surface area contributed by atoms with Gasteiger partial charge in [-0.3, -0.25) is 0 Å². The molecule has 2 aromatic rings. The van der Waals surface area contributed by atoms with Gasteiger partial charge in [0.15, 0.2) is 0 Å². The van der Waals surface area contributed by atoms with Gasteiger partial charge in [0.25, 0.3) is 0 Å². The van der Waals surface area contributed by atoms with Gasteiger partial charge in [-0.1, -0.05) is 29.8 Å². The summed E-state index contributed by atoms with van der Waals surface area (Å²) in [7, 11) is 3.27. The fourth-order valence-corrected chi connectivity index (χ4v) is 2.18. The summed E-state index contributed by atoms with van der Waals surface area (Å²) in [5.74, 6) is 1.56. The first kappa shape index (κ1) is 16.5. The molecule has 0 unspecified atom stereocenters. The molecule has 0 heterocycles. The Kier molecular flexibility index (Phi) is 5.74. The van der Waals surface area contributed by atoms with Gasteiger partial charge in [-0.05, 0) is 25.1 Å². The molecule has 0 saturated heterocycles. The van der Waals surface area contributed by atoms with E-state index in [1.54, 1.807) is 20.4 Å². The average Bonchev–Trinajstić information content (AvgIpc) is 2.59. The third-order valence-corrected chi connectivity index (χ3v) is 3.49. The van der Waals surface area contributed by atoms with Crippen LogP contribution in [0.5, 0.6) is 11.5 Å². The summed E-state index contributed by atoms with van der Waals surface area (Å²) in [6.45, 7) is 2.57. The monoisotopic (exact) mass is 311 g/mol. The number of hydrogen-bond acceptors (Lipinski definition) is 5. The Morgan fingerprint density at radius 2 is 1.87 bits per heavy atom. The number of aryl methyl sites for hydroxylation is 1. The Morgan fingerprint density at radius 3 is 2.48 bits per heavy atom. The number of benzene rings is 2. The van der Waals surface area contributed by atoms with Crippen LogP contribution in [0.15, 0.2) is 53.8 Å². The minimum atomic E-state index is 0.547. The Bertz CT molecular complexity index is 694. The molecule has 0 saturated carbocycles. The third kappa shape index (κ3) is 4.32. The lowest BCUT2D eigenvalue weighted by Gasteiger charge is -2.11. The zero-order valence-electron chi connectivity index (χ0n) is 13.6. The van der Waals surface area contributed by atoms with E-state index in [1.807, 2.05) is 49.4 Å². The van der Waals surface area contributed by atoms with Crippen molar-refractivity contribution in [1.82, 2.24) is 5.32 Å². The van der Waals surface area contributed by atoms with E-state index in [2.05, 4.69) is 10.4 Å². The van der Waals surface area contributed by atoms with E-state index in [-0.39, 0.29) is 0 Å². The van der Waals surface area contributed by atoms with Crippen LogP contribution in [0, 0.1) is 12.5 Å². The lowest BCUT2D eigenvalue weighted by molar-refractivity contribution is 0.398. The van der Waals surface area contributed by atoms with E-state index in [1.165, 1.54) is 5.56 Å². The maximum atomic E-state index is 7.35. The summed E-state index contributed by atoms with van der Waals surface area (Å²) in [4.78, 5) is 0. The van der Waals surface area contributed by atoms with Crippen molar-refractivity contribution in [2.45, 2.75) is 13.5 Å². The van der Waals surface area contributed by atoms with Crippen molar-refractivity contribution in [3.8, 4) is 11.5 Å². The molecule has 0 aliphatic rings. The van der Waals surface area contributed by atoms with Crippen LogP contribution in [-0.4, -0.2) is 14.2 Å². The molecule has 0 aliphatic carbocycles. The van der Waals surface area contributed by atoms with Gasteiger partial charge in [0.2, 0.25) is 0 Å². The summed E-state index contributed by atoms with van der Waals surface area (Å²) in [6.07, 6.45) is 1.73. The van der Waals surface area contributed by atoms with Crippen molar-refractivity contribution in [3.05, 3.63) is 65.4 Å². The predicted octanol–water partition coefficient (Wildman–Crippen LogP) is 4.13. The van der Waals surface area contributed by atoms with Crippen LogP contribution in [0.25, 0.3) is 5.70 Å². The first-order valence-electron chi connectivity index (χ1n) is 7.27. The van der Waals surface area contributed by atoms with E-state index < -0.39 is 0 Å². The van der Waals surface area contributed by atoms with E-state index >= 15 is 0 Å². The molecule has 0 atom stereocenters. The largest absolute Gasteiger partial charge is 0.497 e. The number of methoxy groups -OCH3 is 2. The molecule has 2 rings (SSSR count). The SMILES string of the molecule is COc1ccc(OC)c(CN/C=C(\N=N)c2ccc(C)cc2)c1. The molecule has 0 spiro atoms. The third-order valence-electron chi connectivity index (χ3n) is 3.49. The number of nitrogens with zero attached hydrogens (tertiary/aromatic N) is 1. The van der Waals surface area contributed by atoms with E-state index in [4.69, 9.17) is 15.0 Å². The van der Waals surface area contributed by atoms with Crippen LogP contribution >= 0.6 is 0 Å². The highest BCUT2D eigenvalue weighted by Crippen LogP contribution is 2.24. The summed E-state index contributed by atoms with van der Waals surface area (Å²) in [5.41, 5.74) is 11.0. The van der Waals surface area contributed by atoms with Gasteiger partial charge in [-0.15, -0.1) is 0 Å². The molecule has 0 bridgehead atoms. The van der Waals surface area contributed by atoms with Gasteiger partial charge < -0.3 is 14.8 Å². The molecule has 5 nitrogen and oxygen atoms in total. The molecule has 0 aromatic heterocycles. The second-order valence-electron chi connectivity index (χ2n) is 5.07. The molecule has 23 heavy (non-hydrogen) atoms. The number of ether oxygens (including phenoxy) is 2.